The molecule has 3 aliphatic rings. The first kappa shape index (κ1) is 32.5. The molecule has 5 atom stereocenters. The molecule has 0 bridgehead atoms. The van der Waals surface area contributed by atoms with Crippen LogP contribution < -0.4 is 10.6 Å². The van der Waals surface area contributed by atoms with Gasteiger partial charge in [-0.2, -0.15) is 16.4 Å². The van der Waals surface area contributed by atoms with Crippen molar-refractivity contribution in [2.45, 2.75) is 96.0 Å². The standard InChI is InChI=1S/C34H43FN6O4S/c1-5-19-12-21(28-27(37-18-46-28)20-6-9-23-16-38-40-25(23)13-20)7-8-22(19)15-36-30(43)26-14-24(42)17-41(26)31(44)29(33(2,3)4)39-32(45)34(35)10-11-34/h6-9,12-13,16,18,24,26-27,29,32,39,42,45-46H,5,10-11,14-15,17H2,1-4H3,(H,36,43)(H,38,40)/t24-,26+,27?,29-,32?/m1/s1. The fourth-order valence-electron chi connectivity index (χ4n) is 6.35. The van der Waals surface area contributed by atoms with Crippen molar-refractivity contribution in [3.63, 3.8) is 0 Å². The molecular weight excluding hydrogens is 607 g/mol. The third kappa shape index (κ3) is 6.53. The first-order valence-corrected chi connectivity index (χ1v) is 16.9. The molecule has 10 nitrogen and oxygen atoms in total. The molecule has 2 fully saturated rings. The highest BCUT2D eigenvalue weighted by molar-refractivity contribution is 8.11. The van der Waals surface area contributed by atoms with Gasteiger partial charge >= 0.3 is 0 Å². The molecule has 6 rings (SSSR count). The van der Waals surface area contributed by atoms with Gasteiger partial charge in [0, 0.05) is 35.3 Å². The SMILES string of the molecule is CCc1cc(C2=[SH]C=NC2c2ccc3cn[nH]c3c2)ccc1CNC(=O)[C@@H]1C[C@@H](O)CN1C(=O)[C@@H](NC(O)C1(F)CC1)C(C)(C)C. The number of aromatic amines is 1. The number of aromatic nitrogens is 2. The van der Waals surface area contributed by atoms with Crippen molar-refractivity contribution >= 4 is 44.5 Å². The summed E-state index contributed by atoms with van der Waals surface area (Å²) in [5.41, 5.74) is 4.75. The largest absolute Gasteiger partial charge is 0.391 e. The molecule has 2 amide bonds. The van der Waals surface area contributed by atoms with Crippen LogP contribution in [0, 0.1) is 5.41 Å². The number of aliphatic hydroxyl groups excluding tert-OH is 2. The fraction of sp³-hybridized carbons (Fsp3) is 0.500. The van der Waals surface area contributed by atoms with Crippen LogP contribution in [0.3, 0.4) is 0 Å². The number of nitrogens with zero attached hydrogens (tertiary/aromatic N) is 3. The second-order valence-electron chi connectivity index (χ2n) is 13.8. The summed E-state index contributed by atoms with van der Waals surface area (Å²) in [7, 11) is 0. The number of likely N-dealkylation sites (tertiary alicyclic amines) is 1. The van der Waals surface area contributed by atoms with E-state index in [1.165, 1.54) is 9.76 Å². The number of aliphatic imine (C=N–C) groups is 1. The van der Waals surface area contributed by atoms with Gasteiger partial charge in [0.1, 0.15) is 24.0 Å². The Labute approximate surface area is 271 Å². The highest BCUT2D eigenvalue weighted by Crippen LogP contribution is 2.43. The van der Waals surface area contributed by atoms with Gasteiger partial charge in [0.15, 0.2) is 0 Å². The van der Waals surface area contributed by atoms with Crippen LogP contribution in [0.5, 0.6) is 0 Å². The average Bonchev–Trinajstić information content (AvgIpc) is 3.41. The van der Waals surface area contributed by atoms with E-state index in [4.69, 9.17) is 4.99 Å². The van der Waals surface area contributed by atoms with Crippen molar-refractivity contribution in [1.29, 1.82) is 0 Å². The Morgan fingerprint density at radius 2 is 1.98 bits per heavy atom. The average molecular weight is 651 g/mol. The third-order valence-electron chi connectivity index (χ3n) is 9.31. The summed E-state index contributed by atoms with van der Waals surface area (Å²) in [5.74, 6) is -0.804. The molecule has 46 heavy (non-hydrogen) atoms. The number of aliphatic hydroxyl groups is 2. The Hall–Kier alpha value is -3.45. The summed E-state index contributed by atoms with van der Waals surface area (Å²) in [4.78, 5) is 34.6. The Bertz CT molecular complexity index is 1700. The highest BCUT2D eigenvalue weighted by Gasteiger charge is 2.53. The van der Waals surface area contributed by atoms with Crippen LogP contribution >= 0.6 is 11.4 Å². The lowest BCUT2D eigenvalue weighted by Crippen LogP contribution is -2.60. The van der Waals surface area contributed by atoms with Gasteiger partial charge in [0.05, 0.1) is 23.9 Å². The van der Waals surface area contributed by atoms with E-state index in [0.29, 0.717) is 0 Å². The lowest BCUT2D eigenvalue weighted by atomic mass is 9.85. The number of carbonyl (C=O) groups is 2. The number of fused-ring (bicyclic) bond motifs is 1. The molecule has 3 aromatic rings. The number of rotatable bonds is 10. The number of thiol groups is 1. The van der Waals surface area contributed by atoms with E-state index < -0.39 is 41.4 Å². The van der Waals surface area contributed by atoms with Crippen LogP contribution in [0.2, 0.25) is 0 Å². The van der Waals surface area contributed by atoms with Gasteiger partial charge in [-0.25, -0.2) is 4.39 Å². The number of halogens is 1. The zero-order chi connectivity index (χ0) is 32.8. The maximum Gasteiger partial charge on any atom is 0.243 e. The fourth-order valence-corrected chi connectivity index (χ4v) is 7.32. The third-order valence-corrected chi connectivity index (χ3v) is 10.3. The first-order valence-electron chi connectivity index (χ1n) is 15.9. The Morgan fingerprint density at radius 1 is 1.20 bits per heavy atom. The van der Waals surface area contributed by atoms with Gasteiger partial charge in [0.25, 0.3) is 0 Å². The number of β-amino-alcohol motifs (C(OH)–C–C–N with tert-alkyl or cyclic N) is 1. The van der Waals surface area contributed by atoms with Crippen molar-refractivity contribution in [2.75, 3.05) is 6.54 Å². The minimum absolute atomic E-state index is 0.00860. The highest BCUT2D eigenvalue weighted by atomic mass is 32.1. The van der Waals surface area contributed by atoms with Crippen LogP contribution in [0.4, 0.5) is 4.39 Å². The maximum absolute atomic E-state index is 14.6. The Kier molecular flexibility index (Phi) is 8.92. The molecule has 1 saturated carbocycles. The molecule has 12 heteroatoms. The van der Waals surface area contributed by atoms with Crippen molar-refractivity contribution in [1.82, 2.24) is 25.7 Å². The maximum atomic E-state index is 14.6. The van der Waals surface area contributed by atoms with Gasteiger partial charge in [-0.3, -0.25) is 25.0 Å². The lowest BCUT2D eigenvalue weighted by molar-refractivity contribution is -0.144. The van der Waals surface area contributed by atoms with Crippen LogP contribution in [-0.2, 0) is 22.6 Å². The van der Waals surface area contributed by atoms with Crippen LogP contribution in [0.1, 0.15) is 75.3 Å². The summed E-state index contributed by atoms with van der Waals surface area (Å²) in [6, 6.07) is 10.6. The molecule has 5 N–H and O–H groups in total. The van der Waals surface area contributed by atoms with Gasteiger partial charge < -0.3 is 20.4 Å². The van der Waals surface area contributed by atoms with Crippen molar-refractivity contribution in [3.8, 4) is 0 Å². The first-order chi connectivity index (χ1) is 21.9. The van der Waals surface area contributed by atoms with E-state index in [2.05, 4.69) is 52.0 Å². The number of aryl methyl sites for hydroxylation is 1. The molecule has 2 aromatic carbocycles. The second kappa shape index (κ2) is 12.6. The second-order valence-corrected chi connectivity index (χ2v) is 14.7. The van der Waals surface area contributed by atoms with Crippen LogP contribution in [-0.4, -0.2) is 84.2 Å². The molecule has 1 aliphatic carbocycles. The molecule has 1 saturated heterocycles. The summed E-state index contributed by atoms with van der Waals surface area (Å²) in [6.45, 7) is 7.79. The lowest BCUT2D eigenvalue weighted by Gasteiger charge is -2.37. The van der Waals surface area contributed by atoms with Crippen LogP contribution in [0.15, 0.2) is 47.6 Å². The smallest absolute Gasteiger partial charge is 0.243 e. The van der Waals surface area contributed by atoms with Crippen molar-refractivity contribution < 1.29 is 24.2 Å². The number of H-pyrrole nitrogens is 1. The van der Waals surface area contributed by atoms with E-state index in [-0.39, 0.29) is 44.3 Å². The van der Waals surface area contributed by atoms with Gasteiger partial charge in [0.2, 0.25) is 11.8 Å². The van der Waals surface area contributed by atoms with Gasteiger partial charge in [-0.15, -0.1) is 0 Å². The monoisotopic (exact) mass is 650 g/mol. The van der Waals surface area contributed by atoms with E-state index in [0.717, 1.165) is 50.9 Å². The molecular formula is C34H43FN6O4S. The molecule has 2 unspecified atom stereocenters. The molecule has 0 radical (unpaired) electrons. The number of nitrogens with one attached hydrogen (secondary N) is 3. The van der Waals surface area contributed by atoms with E-state index in [1.807, 2.05) is 38.5 Å². The summed E-state index contributed by atoms with van der Waals surface area (Å²) < 4.78 is 14.6. The molecule has 3 heterocycles. The van der Waals surface area contributed by atoms with Crippen molar-refractivity contribution in [3.05, 3.63) is 64.8 Å². The number of alkyl halides is 1. The molecule has 0 spiro atoms. The number of carbonyl (C=O) groups excluding carboxylic acids is 2. The summed E-state index contributed by atoms with van der Waals surface area (Å²) >= 11 is 1.04. The predicted molar refractivity (Wildman–Crippen MR) is 180 cm³/mol. The number of benzene rings is 2. The van der Waals surface area contributed by atoms with Gasteiger partial charge in [-0.05, 0) is 53.0 Å². The summed E-state index contributed by atoms with van der Waals surface area (Å²) in [6.07, 6.45) is 0.785. The zero-order valence-electron chi connectivity index (χ0n) is 26.6. The normalized spacial score (nSPS) is 23.6. The molecule has 246 valence electrons. The number of hydrogen-bond acceptors (Lipinski definition) is 7. The molecule has 1 aromatic heterocycles. The topological polar surface area (TPSA) is 143 Å². The van der Waals surface area contributed by atoms with E-state index >= 15 is 0 Å². The van der Waals surface area contributed by atoms with Crippen LogP contribution in [0.25, 0.3) is 10.9 Å². The Balaban J connectivity index is 1.14. The zero-order valence-corrected chi connectivity index (χ0v) is 27.5. The quantitative estimate of drug-likeness (QED) is 0.113. The van der Waals surface area contributed by atoms with Gasteiger partial charge in [-0.1, -0.05) is 58.0 Å². The predicted octanol–water partition coefficient (Wildman–Crippen LogP) is 3.30. The van der Waals surface area contributed by atoms with E-state index in [9.17, 15) is 24.2 Å². The minimum Gasteiger partial charge on any atom is -0.391 e. The minimum atomic E-state index is -1.74. The van der Waals surface area contributed by atoms with Crippen molar-refractivity contribution in [2.24, 2.45) is 10.4 Å². The number of amides is 2. The molecule has 2 aliphatic heterocycles. The summed E-state index contributed by atoms with van der Waals surface area (Å²) in [5, 5.41) is 35.0. The van der Waals surface area contributed by atoms with E-state index in [1.54, 1.807) is 6.20 Å². The number of hydrogen-bond donors (Lipinski definition) is 6. The Morgan fingerprint density at radius 3 is 2.70 bits per heavy atom.